The summed E-state index contributed by atoms with van der Waals surface area (Å²) in [5, 5.41) is 17.7. The fourth-order valence-electron chi connectivity index (χ4n) is 1.74. The summed E-state index contributed by atoms with van der Waals surface area (Å²) in [5.41, 5.74) is 1.37. The van der Waals surface area contributed by atoms with E-state index in [0.717, 1.165) is 25.1 Å². The highest BCUT2D eigenvalue weighted by molar-refractivity contribution is 5.87. The Hall–Kier alpha value is -1.39. The predicted molar refractivity (Wildman–Crippen MR) is 66.1 cm³/mol. The van der Waals surface area contributed by atoms with Gasteiger partial charge in [0.15, 0.2) is 0 Å². The standard InChI is InChI=1S/C13H19NO3/c1-2-7-14(8-9-15)10-11-3-5-12(6-4-11)13(16)17/h3-6,15H,2,7-10H2,1H3,(H,16,17). The molecule has 4 nitrogen and oxygen atoms in total. The molecule has 0 saturated carbocycles. The van der Waals surface area contributed by atoms with E-state index in [-0.39, 0.29) is 6.61 Å². The molecular weight excluding hydrogens is 218 g/mol. The quantitative estimate of drug-likeness (QED) is 0.756. The van der Waals surface area contributed by atoms with Crippen LogP contribution in [0.5, 0.6) is 0 Å². The molecule has 0 atom stereocenters. The molecular formula is C13H19NO3. The Balaban J connectivity index is 2.62. The molecule has 0 fully saturated rings. The minimum atomic E-state index is -0.905. The second-order valence-corrected chi connectivity index (χ2v) is 4.00. The maximum atomic E-state index is 10.7. The molecule has 0 aliphatic rings. The van der Waals surface area contributed by atoms with Crippen molar-refractivity contribution in [1.82, 2.24) is 4.90 Å². The lowest BCUT2D eigenvalue weighted by Crippen LogP contribution is -2.27. The van der Waals surface area contributed by atoms with Gasteiger partial charge in [-0.1, -0.05) is 19.1 Å². The van der Waals surface area contributed by atoms with Crippen molar-refractivity contribution < 1.29 is 15.0 Å². The van der Waals surface area contributed by atoms with E-state index in [1.165, 1.54) is 0 Å². The van der Waals surface area contributed by atoms with E-state index in [0.29, 0.717) is 12.1 Å². The minimum Gasteiger partial charge on any atom is -0.478 e. The Bertz CT molecular complexity index is 342. The van der Waals surface area contributed by atoms with Gasteiger partial charge in [-0.25, -0.2) is 4.79 Å². The summed E-state index contributed by atoms with van der Waals surface area (Å²) in [6.45, 7) is 4.56. The summed E-state index contributed by atoms with van der Waals surface area (Å²) in [5.74, 6) is -0.905. The molecule has 0 aliphatic carbocycles. The molecule has 1 rings (SSSR count). The van der Waals surface area contributed by atoms with Crippen LogP contribution in [0.4, 0.5) is 0 Å². The van der Waals surface area contributed by atoms with Crippen molar-refractivity contribution in [3.05, 3.63) is 35.4 Å². The molecule has 0 unspecified atom stereocenters. The third kappa shape index (κ3) is 4.54. The summed E-state index contributed by atoms with van der Waals surface area (Å²) >= 11 is 0. The average molecular weight is 237 g/mol. The first-order valence-corrected chi connectivity index (χ1v) is 5.82. The zero-order valence-corrected chi connectivity index (χ0v) is 10.1. The maximum absolute atomic E-state index is 10.7. The highest BCUT2D eigenvalue weighted by Gasteiger charge is 2.06. The number of carbonyl (C=O) groups is 1. The largest absolute Gasteiger partial charge is 0.478 e. The Labute approximate surface area is 101 Å². The average Bonchev–Trinajstić information content (AvgIpc) is 2.30. The van der Waals surface area contributed by atoms with E-state index in [1.807, 2.05) is 12.1 Å². The molecule has 1 aromatic carbocycles. The third-order valence-electron chi connectivity index (χ3n) is 2.56. The zero-order valence-electron chi connectivity index (χ0n) is 10.1. The second kappa shape index (κ2) is 7.04. The van der Waals surface area contributed by atoms with Gasteiger partial charge in [-0.2, -0.15) is 0 Å². The number of aliphatic hydroxyl groups is 1. The van der Waals surface area contributed by atoms with Crippen molar-refractivity contribution in [3.8, 4) is 0 Å². The Morgan fingerprint density at radius 2 is 1.88 bits per heavy atom. The number of hydrogen-bond acceptors (Lipinski definition) is 3. The summed E-state index contributed by atoms with van der Waals surface area (Å²) in [6, 6.07) is 6.87. The van der Waals surface area contributed by atoms with Crippen molar-refractivity contribution in [2.75, 3.05) is 19.7 Å². The van der Waals surface area contributed by atoms with Crippen molar-refractivity contribution in [1.29, 1.82) is 0 Å². The number of carboxylic acid groups (broad SMARTS) is 1. The molecule has 0 spiro atoms. The topological polar surface area (TPSA) is 60.8 Å². The van der Waals surface area contributed by atoms with Gasteiger partial charge in [0.25, 0.3) is 0 Å². The number of hydrogen-bond donors (Lipinski definition) is 2. The minimum absolute atomic E-state index is 0.146. The van der Waals surface area contributed by atoms with Crippen LogP contribution in [0.25, 0.3) is 0 Å². The lowest BCUT2D eigenvalue weighted by Gasteiger charge is -2.20. The van der Waals surface area contributed by atoms with Crippen LogP contribution in [-0.4, -0.2) is 40.8 Å². The first kappa shape index (κ1) is 13.7. The van der Waals surface area contributed by atoms with Crippen LogP contribution in [-0.2, 0) is 6.54 Å². The maximum Gasteiger partial charge on any atom is 0.335 e. The highest BCUT2D eigenvalue weighted by atomic mass is 16.4. The van der Waals surface area contributed by atoms with Crippen molar-refractivity contribution in [2.45, 2.75) is 19.9 Å². The normalized spacial score (nSPS) is 10.8. The van der Waals surface area contributed by atoms with Crippen molar-refractivity contribution in [2.24, 2.45) is 0 Å². The smallest absolute Gasteiger partial charge is 0.335 e. The zero-order chi connectivity index (χ0) is 12.7. The number of aliphatic hydroxyl groups excluding tert-OH is 1. The van der Waals surface area contributed by atoms with Crippen LogP contribution in [0.3, 0.4) is 0 Å². The molecule has 1 aromatic rings. The molecule has 0 saturated heterocycles. The predicted octanol–water partition coefficient (Wildman–Crippen LogP) is 1.59. The number of nitrogens with zero attached hydrogens (tertiary/aromatic N) is 1. The Kier molecular flexibility index (Phi) is 5.66. The summed E-state index contributed by atoms with van der Waals surface area (Å²) in [7, 11) is 0. The van der Waals surface area contributed by atoms with Crippen LogP contribution in [0, 0.1) is 0 Å². The van der Waals surface area contributed by atoms with E-state index in [9.17, 15) is 4.79 Å². The molecule has 0 radical (unpaired) electrons. The molecule has 0 aliphatic heterocycles. The van der Waals surface area contributed by atoms with Crippen LogP contribution in [0.15, 0.2) is 24.3 Å². The molecule has 0 amide bonds. The summed E-state index contributed by atoms with van der Waals surface area (Å²) < 4.78 is 0. The Morgan fingerprint density at radius 3 is 2.35 bits per heavy atom. The van der Waals surface area contributed by atoms with Crippen LogP contribution in [0.2, 0.25) is 0 Å². The van der Waals surface area contributed by atoms with Crippen molar-refractivity contribution in [3.63, 3.8) is 0 Å². The van der Waals surface area contributed by atoms with Gasteiger partial charge >= 0.3 is 5.97 Å². The fraction of sp³-hybridized carbons (Fsp3) is 0.462. The van der Waals surface area contributed by atoms with Crippen LogP contribution >= 0.6 is 0 Å². The van der Waals surface area contributed by atoms with E-state index in [4.69, 9.17) is 10.2 Å². The van der Waals surface area contributed by atoms with Gasteiger partial charge in [0.1, 0.15) is 0 Å². The van der Waals surface area contributed by atoms with E-state index in [1.54, 1.807) is 12.1 Å². The Morgan fingerprint density at radius 1 is 1.24 bits per heavy atom. The summed E-state index contributed by atoms with van der Waals surface area (Å²) in [4.78, 5) is 12.8. The van der Waals surface area contributed by atoms with Gasteiger partial charge in [0.05, 0.1) is 12.2 Å². The van der Waals surface area contributed by atoms with Gasteiger partial charge in [0, 0.05) is 13.1 Å². The number of benzene rings is 1. The lowest BCUT2D eigenvalue weighted by molar-refractivity contribution is 0.0697. The molecule has 94 valence electrons. The van der Waals surface area contributed by atoms with Gasteiger partial charge < -0.3 is 10.2 Å². The van der Waals surface area contributed by atoms with Gasteiger partial charge in [-0.3, -0.25) is 4.90 Å². The van der Waals surface area contributed by atoms with Crippen LogP contribution < -0.4 is 0 Å². The molecule has 0 bridgehead atoms. The van der Waals surface area contributed by atoms with E-state index < -0.39 is 5.97 Å². The van der Waals surface area contributed by atoms with Crippen LogP contribution in [0.1, 0.15) is 29.3 Å². The second-order valence-electron chi connectivity index (χ2n) is 4.00. The number of aromatic carboxylic acids is 1. The fourth-order valence-corrected chi connectivity index (χ4v) is 1.74. The van der Waals surface area contributed by atoms with Gasteiger partial charge in [-0.15, -0.1) is 0 Å². The van der Waals surface area contributed by atoms with Gasteiger partial charge in [0.2, 0.25) is 0 Å². The first-order valence-electron chi connectivity index (χ1n) is 5.82. The third-order valence-corrected chi connectivity index (χ3v) is 2.56. The van der Waals surface area contributed by atoms with E-state index in [2.05, 4.69) is 11.8 Å². The van der Waals surface area contributed by atoms with Crippen molar-refractivity contribution >= 4 is 5.97 Å². The van der Waals surface area contributed by atoms with Gasteiger partial charge in [-0.05, 0) is 30.7 Å². The number of carboxylic acids is 1. The molecule has 2 N–H and O–H groups in total. The summed E-state index contributed by atoms with van der Waals surface area (Å²) in [6.07, 6.45) is 1.03. The first-order chi connectivity index (χ1) is 8.17. The monoisotopic (exact) mass is 237 g/mol. The molecule has 0 heterocycles. The van der Waals surface area contributed by atoms with E-state index >= 15 is 0 Å². The SMILES string of the molecule is CCCN(CCO)Cc1ccc(C(=O)O)cc1. The number of rotatable bonds is 7. The lowest BCUT2D eigenvalue weighted by atomic mass is 10.1. The molecule has 17 heavy (non-hydrogen) atoms. The highest BCUT2D eigenvalue weighted by Crippen LogP contribution is 2.08. The molecule has 4 heteroatoms. The molecule has 0 aromatic heterocycles.